The molecule has 1 aromatic carbocycles. The van der Waals surface area contributed by atoms with Gasteiger partial charge in [-0.2, -0.15) is 0 Å². The largest absolute Gasteiger partial charge is 0.810 e. The van der Waals surface area contributed by atoms with E-state index < -0.39 is 36.2 Å². The van der Waals surface area contributed by atoms with E-state index in [2.05, 4.69) is 0 Å². The summed E-state index contributed by atoms with van der Waals surface area (Å²) in [6.07, 6.45) is 0. The van der Waals surface area contributed by atoms with E-state index in [1.54, 1.807) is 6.92 Å². The van der Waals surface area contributed by atoms with Crippen LogP contribution in [0.3, 0.4) is 0 Å². The Labute approximate surface area is 145 Å². The first-order chi connectivity index (χ1) is 8.84. The Morgan fingerprint density at radius 2 is 1.21 bits per heavy atom. The van der Waals surface area contributed by atoms with E-state index in [4.69, 9.17) is 0 Å². The topological polar surface area (TPSA) is 161 Å². The van der Waals surface area contributed by atoms with E-state index in [-0.39, 0.29) is 34.6 Å². The Balaban J connectivity index is -0.000000500. The molecule has 138 valence electrons. The normalized spacial score (nSPS) is 11.4. The molecule has 0 radical (unpaired) electrons. The summed E-state index contributed by atoms with van der Waals surface area (Å²) in [6.45, 7) is 1.67. The predicted molar refractivity (Wildman–Crippen MR) is 87.9 cm³/mol. The number of sulfone groups is 1. The maximum Gasteiger partial charge on any atom is 0.179 e. The van der Waals surface area contributed by atoms with Crippen LogP contribution in [0.5, 0.6) is 0 Å². The van der Waals surface area contributed by atoms with Gasteiger partial charge >= 0.3 is 0 Å². The number of benzene rings is 1. The van der Waals surface area contributed by atoms with Crippen molar-refractivity contribution in [3.63, 3.8) is 0 Å². The van der Waals surface area contributed by atoms with Gasteiger partial charge in [-0.1, -0.05) is 32.9 Å². The molecule has 0 fully saturated rings. The van der Waals surface area contributed by atoms with E-state index in [9.17, 15) is 37.1 Å². The van der Waals surface area contributed by atoms with Crippen LogP contribution in [0.15, 0.2) is 29.2 Å². The predicted octanol–water partition coefficient (Wildman–Crippen LogP) is -0.277. The molecular weight excluding hydrogens is 378 g/mol. The molecule has 0 atom stereocenters. The third-order valence-electron chi connectivity index (χ3n) is 2.48. The Morgan fingerprint density at radius 3 is 1.50 bits per heavy atom. The van der Waals surface area contributed by atoms with Crippen LogP contribution in [0, 0.1) is 36.6 Å². The van der Waals surface area contributed by atoms with Crippen molar-refractivity contribution in [1.82, 2.24) is 0 Å². The number of hydrogen-bond donors (Lipinski definition) is 0. The summed E-state index contributed by atoms with van der Waals surface area (Å²) in [6, 6.07) is 5.07. The van der Waals surface area contributed by atoms with Crippen molar-refractivity contribution in [2.24, 2.45) is 0 Å². The van der Waals surface area contributed by atoms with Crippen LogP contribution < -0.4 is 19.6 Å². The molecule has 8 nitrogen and oxygen atoms in total. The van der Waals surface area contributed by atoms with Gasteiger partial charge in [-0.3, -0.25) is 0 Å². The zero-order chi connectivity index (χ0) is 15.8. The molecule has 0 saturated heterocycles. The lowest BCUT2D eigenvalue weighted by atomic mass is 10.2. The molecular formula is C13H22O8P2S. The molecule has 0 aromatic heterocycles. The lowest BCUT2D eigenvalue weighted by molar-refractivity contribution is -0.329. The van der Waals surface area contributed by atoms with Crippen molar-refractivity contribution in [3.8, 4) is 0 Å². The number of rotatable bonds is 5. The molecule has 1 aromatic rings. The summed E-state index contributed by atoms with van der Waals surface area (Å²) >= 11 is 0. The molecule has 11 heteroatoms. The fraction of sp³-hybridized carbons (Fsp3) is 0.231. The highest BCUT2D eigenvalue weighted by atomic mass is 32.2. The van der Waals surface area contributed by atoms with Crippen molar-refractivity contribution in [3.05, 3.63) is 59.5 Å². The minimum absolute atomic E-state index is 0. The molecule has 24 heavy (non-hydrogen) atoms. The average molecular weight is 400 g/mol. The maximum absolute atomic E-state index is 11.8. The van der Waals surface area contributed by atoms with Crippen LogP contribution >= 0.6 is 15.2 Å². The Morgan fingerprint density at radius 1 is 0.875 bits per heavy atom. The Bertz CT molecular complexity index is 650. The van der Waals surface area contributed by atoms with Gasteiger partial charge in [0.05, 0.1) is 10.6 Å². The fourth-order valence-corrected chi connectivity index (χ4v) is 6.55. The first-order valence-electron chi connectivity index (χ1n) is 5.17. The van der Waals surface area contributed by atoms with Gasteiger partial charge in [0.2, 0.25) is 0 Å². The summed E-state index contributed by atoms with van der Waals surface area (Å²) in [5.41, 5.74) is 0.720. The first kappa shape index (κ1) is 30.8. The van der Waals surface area contributed by atoms with Gasteiger partial charge in [-0.25, -0.2) is 8.42 Å². The minimum Gasteiger partial charge on any atom is -0.810 e. The molecule has 0 aliphatic carbocycles. The SMILES string of the molecule is Cc1ccc(S(=O)(=O)CC(P(=O)([O-])[O-])P(=O)([O-])[O-])cc1.[CH3+].[CH3+].[CH3+].[CH3+]. The summed E-state index contributed by atoms with van der Waals surface area (Å²) in [5, 5.41) is -3.01. The van der Waals surface area contributed by atoms with Gasteiger partial charge < -0.3 is 28.7 Å². The van der Waals surface area contributed by atoms with Crippen LogP contribution in [-0.2, 0) is 19.0 Å². The smallest absolute Gasteiger partial charge is 0.179 e. The van der Waals surface area contributed by atoms with Crippen LogP contribution in [0.4, 0.5) is 0 Å². The van der Waals surface area contributed by atoms with E-state index in [0.717, 1.165) is 17.7 Å². The van der Waals surface area contributed by atoms with Gasteiger partial charge in [0.15, 0.2) is 9.84 Å². The van der Waals surface area contributed by atoms with Crippen LogP contribution in [0.1, 0.15) is 5.56 Å². The first-order valence-corrected chi connectivity index (χ1v) is 10.0. The van der Waals surface area contributed by atoms with Crippen molar-refractivity contribution in [1.29, 1.82) is 0 Å². The molecule has 0 heterocycles. The standard InChI is InChI=1S/C9H14O8P2S.4CH3/c1-7-2-4-8(5-3-7)20(16,17)6-9(18(10,11)12)19(13,14)15;;;;/h2-5,9H,6H2,1H3,(H2,10,11,12)(H2,13,14,15);4*1H3/q;4*+1/p-4. The Kier molecular flexibility index (Phi) is 12.9. The zero-order valence-electron chi connectivity index (χ0n) is 14.2. The molecule has 0 saturated carbocycles. The lowest BCUT2D eigenvalue weighted by Gasteiger charge is -2.48. The second-order valence-electron chi connectivity index (χ2n) is 4.15. The molecule has 0 N–H and O–H groups in total. The van der Waals surface area contributed by atoms with E-state index in [1.807, 2.05) is 0 Å². The van der Waals surface area contributed by atoms with Crippen LogP contribution in [0.2, 0.25) is 0 Å². The quantitative estimate of drug-likeness (QED) is 0.482. The molecule has 0 unspecified atom stereocenters. The molecule has 0 bridgehead atoms. The summed E-state index contributed by atoms with van der Waals surface area (Å²) < 4.78 is 45.3. The highest BCUT2D eigenvalue weighted by Gasteiger charge is 2.26. The molecule has 0 aliphatic heterocycles. The highest BCUT2D eigenvalue weighted by Crippen LogP contribution is 2.50. The third-order valence-corrected chi connectivity index (χ3v) is 8.26. The van der Waals surface area contributed by atoms with E-state index in [1.165, 1.54) is 12.1 Å². The van der Waals surface area contributed by atoms with Crippen LogP contribution in [0.25, 0.3) is 0 Å². The highest BCUT2D eigenvalue weighted by molar-refractivity contribution is 7.92. The van der Waals surface area contributed by atoms with Gasteiger partial charge in [0.1, 0.15) is 0 Å². The monoisotopic (exact) mass is 400 g/mol. The van der Waals surface area contributed by atoms with Crippen LogP contribution in [-0.4, -0.2) is 19.6 Å². The summed E-state index contributed by atoms with van der Waals surface area (Å²) in [4.78, 5) is 42.7. The van der Waals surface area contributed by atoms with Crippen molar-refractivity contribution in [2.75, 3.05) is 5.75 Å². The van der Waals surface area contributed by atoms with Crippen molar-refractivity contribution >= 4 is 25.0 Å². The lowest BCUT2D eigenvalue weighted by Crippen LogP contribution is -2.38. The zero-order valence-corrected chi connectivity index (χ0v) is 16.8. The third kappa shape index (κ3) is 8.17. The number of aryl methyl sites for hydroxylation is 1. The maximum atomic E-state index is 11.8. The van der Waals surface area contributed by atoms with Gasteiger partial charge in [-0.05, 0) is 19.1 Å². The molecule has 1 rings (SSSR count). The van der Waals surface area contributed by atoms with E-state index in [0.29, 0.717) is 0 Å². The fourth-order valence-electron chi connectivity index (χ4n) is 1.39. The average Bonchev–Trinajstić information content (AvgIpc) is 2.23. The molecule has 0 amide bonds. The summed E-state index contributed by atoms with van der Waals surface area (Å²) in [5.74, 6) is -1.58. The van der Waals surface area contributed by atoms with E-state index >= 15 is 0 Å². The Hall–Kier alpha value is -1.05. The van der Waals surface area contributed by atoms with Crippen molar-refractivity contribution in [2.45, 2.75) is 17.2 Å². The van der Waals surface area contributed by atoms with Gasteiger partial charge in [-0.15, -0.1) is 0 Å². The summed E-state index contributed by atoms with van der Waals surface area (Å²) in [7, 11) is -16.2. The minimum atomic E-state index is -5.89. The van der Waals surface area contributed by atoms with Crippen molar-refractivity contribution < 1.29 is 37.1 Å². The molecule has 0 aliphatic rings. The molecule has 0 spiro atoms. The van der Waals surface area contributed by atoms with Gasteiger partial charge in [0.25, 0.3) is 0 Å². The second kappa shape index (κ2) is 10.1. The van der Waals surface area contributed by atoms with Gasteiger partial charge in [0, 0.05) is 35.1 Å². The second-order valence-corrected chi connectivity index (χ2v) is 10.0. The number of hydrogen-bond acceptors (Lipinski definition) is 8.